The molecule has 0 aliphatic carbocycles. The molecule has 41 heavy (non-hydrogen) atoms. The van der Waals surface area contributed by atoms with Crippen molar-refractivity contribution in [1.29, 1.82) is 0 Å². The van der Waals surface area contributed by atoms with E-state index in [1.807, 2.05) is 31.2 Å². The summed E-state index contributed by atoms with van der Waals surface area (Å²) < 4.78 is 6.00. The van der Waals surface area contributed by atoms with Gasteiger partial charge in [0, 0.05) is 25.9 Å². The van der Waals surface area contributed by atoms with Gasteiger partial charge < -0.3 is 31.1 Å². The number of hydrogen-bond acceptors (Lipinski definition) is 7. The van der Waals surface area contributed by atoms with E-state index < -0.39 is 42.2 Å². The van der Waals surface area contributed by atoms with Gasteiger partial charge in [0.25, 0.3) is 0 Å². The molecule has 2 unspecified atom stereocenters. The summed E-state index contributed by atoms with van der Waals surface area (Å²) in [6.07, 6.45) is 6.81. The van der Waals surface area contributed by atoms with Crippen LogP contribution in [0.15, 0.2) is 42.7 Å². The molecule has 1 aromatic heterocycles. The number of carbonyl (C=O) groups excluding carboxylic acids is 3. The van der Waals surface area contributed by atoms with Crippen LogP contribution in [0, 0.1) is 12.8 Å². The van der Waals surface area contributed by atoms with Crippen molar-refractivity contribution < 1.29 is 29.0 Å². The molecule has 1 saturated heterocycles. The highest BCUT2D eigenvalue weighted by atomic mass is 16.5. The quantitative estimate of drug-likeness (QED) is 0.218. The van der Waals surface area contributed by atoms with Crippen molar-refractivity contribution in [3.8, 4) is 5.75 Å². The average molecular weight is 568 g/mol. The van der Waals surface area contributed by atoms with E-state index in [0.717, 1.165) is 42.0 Å². The zero-order valence-electron chi connectivity index (χ0n) is 23.8. The third kappa shape index (κ3) is 11.2. The molecule has 222 valence electrons. The molecule has 0 spiro atoms. The van der Waals surface area contributed by atoms with Crippen LogP contribution in [0.4, 0.5) is 0 Å². The molecule has 0 saturated carbocycles. The Hall–Kier alpha value is -3.99. The number of carbonyl (C=O) groups is 4. The average Bonchev–Trinajstić information content (AvgIpc) is 2.95. The Morgan fingerprint density at radius 2 is 1.98 bits per heavy atom. The lowest BCUT2D eigenvalue weighted by Crippen LogP contribution is -2.54. The first-order chi connectivity index (χ1) is 19.7. The van der Waals surface area contributed by atoms with E-state index in [1.54, 1.807) is 18.5 Å². The van der Waals surface area contributed by atoms with Crippen molar-refractivity contribution >= 4 is 23.7 Å². The normalized spacial score (nSPS) is 16.2. The number of aryl methyl sites for hydroxylation is 2. The van der Waals surface area contributed by atoms with Crippen LogP contribution in [0.25, 0.3) is 0 Å². The lowest BCUT2D eigenvalue weighted by molar-refractivity contribution is -0.140. The number of rotatable bonds is 15. The Bertz CT molecular complexity index is 1150. The molecule has 11 nitrogen and oxygen atoms in total. The van der Waals surface area contributed by atoms with Crippen molar-refractivity contribution in [3.63, 3.8) is 0 Å². The zero-order chi connectivity index (χ0) is 29.6. The fourth-order valence-corrected chi connectivity index (χ4v) is 4.77. The van der Waals surface area contributed by atoms with Crippen LogP contribution in [-0.2, 0) is 32.1 Å². The van der Waals surface area contributed by atoms with E-state index in [-0.39, 0.29) is 13.0 Å². The van der Waals surface area contributed by atoms with Crippen LogP contribution in [0.2, 0.25) is 0 Å². The fourth-order valence-electron chi connectivity index (χ4n) is 4.77. The van der Waals surface area contributed by atoms with Crippen LogP contribution >= 0.6 is 0 Å². The van der Waals surface area contributed by atoms with Gasteiger partial charge in [-0.05, 0) is 92.9 Å². The predicted molar refractivity (Wildman–Crippen MR) is 153 cm³/mol. The second-order valence-electron chi connectivity index (χ2n) is 10.5. The number of aliphatic carboxylic acids is 1. The molecule has 1 fully saturated rings. The summed E-state index contributed by atoms with van der Waals surface area (Å²) in [6.45, 7) is 6.09. The summed E-state index contributed by atoms with van der Waals surface area (Å²) in [5, 5.41) is 20.5. The first-order valence-electron chi connectivity index (χ1n) is 14.1. The zero-order valence-corrected chi connectivity index (χ0v) is 23.8. The molecule has 2 heterocycles. The van der Waals surface area contributed by atoms with E-state index in [9.17, 15) is 24.3 Å². The Morgan fingerprint density at radius 1 is 1.15 bits per heavy atom. The molecule has 3 rings (SSSR count). The number of pyridine rings is 1. The topological polar surface area (TPSA) is 159 Å². The number of nitrogens with zero attached hydrogens (tertiary/aromatic N) is 1. The smallest absolute Gasteiger partial charge is 0.305 e. The Balaban J connectivity index is 1.63. The summed E-state index contributed by atoms with van der Waals surface area (Å²) in [5.74, 6) is -1.60. The fraction of sp³-hybridized carbons (Fsp3) is 0.500. The minimum atomic E-state index is -1.31. The number of amides is 3. The van der Waals surface area contributed by atoms with Crippen LogP contribution < -0.4 is 26.0 Å². The molecule has 1 aromatic carbocycles. The highest BCUT2D eigenvalue weighted by Crippen LogP contribution is 2.20. The summed E-state index contributed by atoms with van der Waals surface area (Å²) in [6, 6.07) is 7.17. The molecule has 5 N–H and O–H groups in total. The number of nitrogens with one attached hydrogen (secondary N) is 4. The standard InChI is InChI=1S/C30H41N5O6/c1-20-7-9-25(41-14-11-23-6-4-13-32-18-23)15-24(20)19-33-29(39)26(10-8-22-5-3-12-31-17-22)35-30(40)27(16-28(37)38)34-21(2)36/h3,5,7,9,12,15,17,23,26-27,32H,4,6,8,10-11,13-14,16,18-19H2,1-2H3,(H,33,39)(H,34,36)(H,35,40)(H,37,38)/t23?,26?,27-/m0/s1. The second kappa shape index (κ2) is 16.3. The van der Waals surface area contributed by atoms with Crippen molar-refractivity contribution in [3.05, 3.63) is 59.4 Å². The van der Waals surface area contributed by atoms with Crippen LogP contribution in [0.1, 0.15) is 55.7 Å². The van der Waals surface area contributed by atoms with Gasteiger partial charge >= 0.3 is 5.97 Å². The molecule has 0 bridgehead atoms. The SMILES string of the molecule is CC(=O)N[C@@H](CC(=O)O)C(=O)NC(CCc1cccnc1)C(=O)NCc1cc(OCCC2CCCNC2)ccc1C. The highest BCUT2D eigenvalue weighted by Gasteiger charge is 2.28. The first-order valence-corrected chi connectivity index (χ1v) is 14.1. The van der Waals surface area contributed by atoms with Crippen molar-refractivity contribution in [2.45, 2.75) is 71.0 Å². The van der Waals surface area contributed by atoms with Gasteiger partial charge in [0.15, 0.2) is 0 Å². The number of piperidine rings is 1. The van der Waals surface area contributed by atoms with Gasteiger partial charge in [-0.15, -0.1) is 0 Å². The Morgan fingerprint density at radius 3 is 2.66 bits per heavy atom. The number of aromatic nitrogens is 1. The molecule has 1 aliphatic heterocycles. The van der Waals surface area contributed by atoms with Gasteiger partial charge in [-0.2, -0.15) is 0 Å². The molecular formula is C30H41N5O6. The second-order valence-corrected chi connectivity index (χ2v) is 10.5. The third-order valence-electron chi connectivity index (χ3n) is 7.12. The van der Waals surface area contributed by atoms with E-state index >= 15 is 0 Å². The molecule has 1 aliphatic rings. The van der Waals surface area contributed by atoms with Crippen LogP contribution in [0.5, 0.6) is 5.75 Å². The number of hydrogen-bond donors (Lipinski definition) is 5. The van der Waals surface area contributed by atoms with E-state index in [4.69, 9.17) is 4.74 Å². The third-order valence-corrected chi connectivity index (χ3v) is 7.12. The summed E-state index contributed by atoms with van der Waals surface area (Å²) >= 11 is 0. The first kappa shape index (κ1) is 31.5. The number of carboxylic acids is 1. The summed E-state index contributed by atoms with van der Waals surface area (Å²) in [7, 11) is 0. The number of ether oxygens (including phenoxy) is 1. The van der Waals surface area contributed by atoms with E-state index in [1.165, 1.54) is 19.8 Å². The molecule has 11 heteroatoms. The van der Waals surface area contributed by atoms with Gasteiger partial charge in [-0.3, -0.25) is 24.2 Å². The highest BCUT2D eigenvalue weighted by molar-refractivity contribution is 5.93. The maximum Gasteiger partial charge on any atom is 0.305 e. The largest absolute Gasteiger partial charge is 0.494 e. The van der Waals surface area contributed by atoms with E-state index in [2.05, 4.69) is 26.3 Å². The van der Waals surface area contributed by atoms with Crippen LogP contribution in [0.3, 0.4) is 0 Å². The monoisotopic (exact) mass is 567 g/mol. The van der Waals surface area contributed by atoms with E-state index in [0.29, 0.717) is 18.9 Å². The van der Waals surface area contributed by atoms with Crippen molar-refractivity contribution in [2.24, 2.45) is 5.92 Å². The summed E-state index contributed by atoms with van der Waals surface area (Å²) in [4.78, 5) is 53.1. The lowest BCUT2D eigenvalue weighted by Gasteiger charge is -2.23. The number of carboxylic acid groups (broad SMARTS) is 1. The molecular weight excluding hydrogens is 526 g/mol. The molecule has 3 amide bonds. The molecule has 0 radical (unpaired) electrons. The van der Waals surface area contributed by atoms with Crippen molar-refractivity contribution in [1.82, 2.24) is 26.3 Å². The molecule has 3 atom stereocenters. The molecule has 2 aromatic rings. The van der Waals surface area contributed by atoms with Gasteiger partial charge in [0.2, 0.25) is 17.7 Å². The maximum absolute atomic E-state index is 13.3. The predicted octanol–water partition coefficient (Wildman–Crippen LogP) is 1.87. The Kier molecular flexibility index (Phi) is 12.6. The van der Waals surface area contributed by atoms with Gasteiger partial charge in [0.1, 0.15) is 17.8 Å². The minimum Gasteiger partial charge on any atom is -0.494 e. The van der Waals surface area contributed by atoms with Gasteiger partial charge in [-0.25, -0.2) is 0 Å². The van der Waals surface area contributed by atoms with Gasteiger partial charge in [-0.1, -0.05) is 12.1 Å². The Labute approximate surface area is 240 Å². The number of benzene rings is 1. The van der Waals surface area contributed by atoms with Crippen molar-refractivity contribution in [2.75, 3.05) is 19.7 Å². The van der Waals surface area contributed by atoms with Crippen LogP contribution in [-0.4, -0.2) is 65.6 Å². The van der Waals surface area contributed by atoms with Gasteiger partial charge in [0.05, 0.1) is 13.0 Å². The maximum atomic E-state index is 13.3. The summed E-state index contributed by atoms with van der Waals surface area (Å²) in [5.41, 5.74) is 2.75. The minimum absolute atomic E-state index is 0.220. The lowest BCUT2D eigenvalue weighted by atomic mass is 9.97.